The lowest BCUT2D eigenvalue weighted by Gasteiger charge is -2.31. The van der Waals surface area contributed by atoms with E-state index in [1.54, 1.807) is 5.56 Å². The Morgan fingerprint density at radius 3 is 2.61 bits per heavy atom. The molecule has 18 heavy (non-hydrogen) atoms. The van der Waals surface area contributed by atoms with Gasteiger partial charge in [-0.2, -0.15) is 0 Å². The maximum absolute atomic E-state index is 3.75. The molecule has 1 aliphatic heterocycles. The second kappa shape index (κ2) is 6.63. The van der Waals surface area contributed by atoms with Crippen LogP contribution in [0.1, 0.15) is 45.1 Å². The zero-order chi connectivity index (χ0) is 13.0. The van der Waals surface area contributed by atoms with Crippen molar-refractivity contribution in [3.8, 4) is 0 Å². The summed E-state index contributed by atoms with van der Waals surface area (Å²) in [6, 6.07) is 9.59. The van der Waals surface area contributed by atoms with Gasteiger partial charge in [-0.25, -0.2) is 0 Å². The highest BCUT2D eigenvalue weighted by Crippen LogP contribution is 2.43. The SMILES string of the molecule is CCNC(C(CC)CC)C1CSc2ccccc21. The molecule has 0 saturated heterocycles. The van der Waals surface area contributed by atoms with Gasteiger partial charge in [0.1, 0.15) is 0 Å². The fourth-order valence-corrected chi connectivity index (χ4v) is 4.46. The van der Waals surface area contributed by atoms with E-state index in [0.29, 0.717) is 12.0 Å². The van der Waals surface area contributed by atoms with E-state index in [1.807, 2.05) is 11.8 Å². The van der Waals surface area contributed by atoms with Crippen molar-refractivity contribution in [3.05, 3.63) is 29.8 Å². The van der Waals surface area contributed by atoms with Crippen molar-refractivity contribution in [2.45, 2.75) is 50.5 Å². The molecular formula is C16H25NS. The fourth-order valence-electron chi connectivity index (χ4n) is 3.15. The molecule has 0 amide bonds. The second-order valence-corrected chi connectivity index (χ2v) is 6.18. The van der Waals surface area contributed by atoms with Crippen LogP contribution in [0.15, 0.2) is 29.2 Å². The number of nitrogens with one attached hydrogen (secondary N) is 1. The Hall–Kier alpha value is -0.470. The maximum Gasteiger partial charge on any atom is 0.0172 e. The Kier molecular flexibility index (Phi) is 5.13. The lowest BCUT2D eigenvalue weighted by atomic mass is 9.82. The van der Waals surface area contributed by atoms with Gasteiger partial charge >= 0.3 is 0 Å². The number of rotatable bonds is 6. The van der Waals surface area contributed by atoms with Crippen molar-refractivity contribution in [3.63, 3.8) is 0 Å². The van der Waals surface area contributed by atoms with Crippen LogP contribution in [0.5, 0.6) is 0 Å². The lowest BCUT2D eigenvalue weighted by molar-refractivity contribution is 0.306. The summed E-state index contributed by atoms with van der Waals surface area (Å²) in [6.07, 6.45) is 2.55. The fraction of sp³-hybridized carbons (Fsp3) is 0.625. The Bertz CT molecular complexity index is 373. The predicted octanol–water partition coefficient (Wildman–Crippen LogP) is 4.29. The molecule has 100 valence electrons. The molecule has 1 aromatic rings. The molecule has 0 fully saturated rings. The third-order valence-electron chi connectivity index (χ3n) is 4.17. The normalized spacial score (nSPS) is 20.1. The molecule has 2 rings (SSSR count). The van der Waals surface area contributed by atoms with Crippen molar-refractivity contribution < 1.29 is 0 Å². The minimum absolute atomic E-state index is 0.640. The number of hydrogen-bond acceptors (Lipinski definition) is 2. The zero-order valence-corrected chi connectivity index (χ0v) is 12.6. The summed E-state index contributed by atoms with van der Waals surface area (Å²) < 4.78 is 0. The van der Waals surface area contributed by atoms with E-state index < -0.39 is 0 Å². The molecule has 0 bridgehead atoms. The zero-order valence-electron chi connectivity index (χ0n) is 11.8. The third kappa shape index (κ3) is 2.75. The van der Waals surface area contributed by atoms with Crippen LogP contribution in [0.2, 0.25) is 0 Å². The van der Waals surface area contributed by atoms with Crippen LogP contribution >= 0.6 is 11.8 Å². The predicted molar refractivity (Wildman–Crippen MR) is 81.4 cm³/mol. The highest BCUT2D eigenvalue weighted by atomic mass is 32.2. The largest absolute Gasteiger partial charge is 0.313 e. The molecule has 2 unspecified atom stereocenters. The first-order chi connectivity index (χ1) is 8.81. The van der Waals surface area contributed by atoms with Gasteiger partial charge in [0.15, 0.2) is 0 Å². The number of benzene rings is 1. The molecule has 1 N–H and O–H groups in total. The Morgan fingerprint density at radius 2 is 1.94 bits per heavy atom. The Balaban J connectivity index is 2.22. The highest BCUT2D eigenvalue weighted by molar-refractivity contribution is 7.99. The van der Waals surface area contributed by atoms with Gasteiger partial charge in [0.25, 0.3) is 0 Å². The summed E-state index contributed by atoms with van der Waals surface area (Å²) >= 11 is 2.03. The molecule has 1 aliphatic rings. The van der Waals surface area contributed by atoms with Crippen LogP contribution in [0, 0.1) is 5.92 Å². The summed E-state index contributed by atoms with van der Waals surface area (Å²) in [7, 11) is 0. The minimum Gasteiger partial charge on any atom is -0.313 e. The standard InChI is InChI=1S/C16H25NS/c1-4-12(5-2)16(17-6-3)14-11-18-15-10-8-7-9-13(14)15/h7-10,12,14,16-17H,4-6,11H2,1-3H3. The van der Waals surface area contributed by atoms with E-state index in [2.05, 4.69) is 50.4 Å². The van der Waals surface area contributed by atoms with Crippen LogP contribution in [-0.4, -0.2) is 18.3 Å². The number of fused-ring (bicyclic) bond motifs is 1. The molecule has 0 aromatic heterocycles. The van der Waals surface area contributed by atoms with Gasteiger partial charge in [0, 0.05) is 22.6 Å². The van der Waals surface area contributed by atoms with E-state index in [0.717, 1.165) is 12.5 Å². The number of thioether (sulfide) groups is 1. The molecule has 1 aromatic carbocycles. The average molecular weight is 263 g/mol. The van der Waals surface area contributed by atoms with Gasteiger partial charge in [-0.3, -0.25) is 0 Å². The quantitative estimate of drug-likeness (QED) is 0.821. The summed E-state index contributed by atoms with van der Waals surface area (Å²) in [5.74, 6) is 2.73. The van der Waals surface area contributed by atoms with Crippen LogP contribution in [0.3, 0.4) is 0 Å². The molecule has 0 saturated carbocycles. The molecule has 1 nitrogen and oxygen atoms in total. The average Bonchev–Trinajstić information content (AvgIpc) is 2.83. The van der Waals surface area contributed by atoms with Crippen LogP contribution in [0.4, 0.5) is 0 Å². The molecule has 2 atom stereocenters. The first-order valence-corrected chi connectivity index (χ1v) is 8.25. The molecule has 0 spiro atoms. The van der Waals surface area contributed by atoms with Crippen LogP contribution < -0.4 is 5.32 Å². The van der Waals surface area contributed by atoms with E-state index in [-0.39, 0.29) is 0 Å². The highest BCUT2D eigenvalue weighted by Gasteiger charge is 2.33. The number of hydrogen-bond donors (Lipinski definition) is 1. The van der Waals surface area contributed by atoms with Crippen molar-refractivity contribution >= 4 is 11.8 Å². The van der Waals surface area contributed by atoms with Crippen LogP contribution in [-0.2, 0) is 0 Å². The maximum atomic E-state index is 3.75. The minimum atomic E-state index is 0.640. The summed E-state index contributed by atoms with van der Waals surface area (Å²) in [6.45, 7) is 7.95. The Labute approximate surface area is 116 Å². The first-order valence-electron chi connectivity index (χ1n) is 7.26. The summed E-state index contributed by atoms with van der Waals surface area (Å²) in [5, 5.41) is 3.75. The van der Waals surface area contributed by atoms with Gasteiger partial charge in [-0.1, -0.05) is 51.8 Å². The van der Waals surface area contributed by atoms with Gasteiger partial charge in [-0.15, -0.1) is 11.8 Å². The van der Waals surface area contributed by atoms with Crippen molar-refractivity contribution in [1.29, 1.82) is 0 Å². The molecular weight excluding hydrogens is 238 g/mol. The molecule has 0 radical (unpaired) electrons. The first kappa shape index (κ1) is 14.0. The van der Waals surface area contributed by atoms with Gasteiger partial charge < -0.3 is 5.32 Å². The third-order valence-corrected chi connectivity index (χ3v) is 5.38. The topological polar surface area (TPSA) is 12.0 Å². The van der Waals surface area contributed by atoms with E-state index in [9.17, 15) is 0 Å². The molecule has 0 aliphatic carbocycles. The van der Waals surface area contributed by atoms with Gasteiger partial charge in [0.2, 0.25) is 0 Å². The smallest absolute Gasteiger partial charge is 0.0172 e. The van der Waals surface area contributed by atoms with Crippen LogP contribution in [0.25, 0.3) is 0 Å². The van der Waals surface area contributed by atoms with Gasteiger partial charge in [0.05, 0.1) is 0 Å². The number of likely N-dealkylation sites (N-methyl/N-ethyl adjacent to an activating group) is 1. The molecule has 1 heterocycles. The molecule has 2 heteroatoms. The summed E-state index contributed by atoms with van der Waals surface area (Å²) in [5.41, 5.74) is 1.57. The monoisotopic (exact) mass is 263 g/mol. The van der Waals surface area contributed by atoms with Gasteiger partial charge in [-0.05, 0) is 24.1 Å². The Morgan fingerprint density at radius 1 is 1.22 bits per heavy atom. The van der Waals surface area contributed by atoms with Crippen molar-refractivity contribution in [1.82, 2.24) is 5.32 Å². The lowest BCUT2D eigenvalue weighted by Crippen LogP contribution is -2.41. The van der Waals surface area contributed by atoms with Crippen molar-refractivity contribution in [2.75, 3.05) is 12.3 Å². The van der Waals surface area contributed by atoms with E-state index >= 15 is 0 Å². The van der Waals surface area contributed by atoms with E-state index in [1.165, 1.54) is 23.5 Å². The second-order valence-electron chi connectivity index (χ2n) is 5.12. The summed E-state index contributed by atoms with van der Waals surface area (Å²) in [4.78, 5) is 1.50. The van der Waals surface area contributed by atoms with E-state index in [4.69, 9.17) is 0 Å². The van der Waals surface area contributed by atoms with Crippen molar-refractivity contribution in [2.24, 2.45) is 5.92 Å².